The maximum absolute atomic E-state index is 13.7. The fraction of sp³-hybridized carbons (Fsp3) is 0.0455. The van der Waals surface area contributed by atoms with Crippen molar-refractivity contribution in [1.82, 2.24) is 0 Å². The van der Waals surface area contributed by atoms with Crippen molar-refractivity contribution in [1.29, 1.82) is 0 Å². The lowest BCUT2D eigenvalue weighted by atomic mass is 9.98. The number of hydrogen-bond acceptors (Lipinski definition) is 2. The summed E-state index contributed by atoms with van der Waals surface area (Å²) in [5.41, 5.74) is 4.13. The maximum atomic E-state index is 13.7. The van der Waals surface area contributed by atoms with E-state index in [-0.39, 0.29) is 5.78 Å². The van der Waals surface area contributed by atoms with Gasteiger partial charge in [-0.2, -0.15) is 0 Å². The van der Waals surface area contributed by atoms with Gasteiger partial charge in [-0.05, 0) is 54.4 Å². The normalized spacial score (nSPS) is 13.3. The first-order valence-corrected chi connectivity index (χ1v) is 9.32. The molecule has 0 saturated heterocycles. The summed E-state index contributed by atoms with van der Waals surface area (Å²) in [7, 11) is 0. The van der Waals surface area contributed by atoms with Gasteiger partial charge in [-0.3, -0.25) is 4.79 Å². The van der Waals surface area contributed by atoms with Crippen molar-refractivity contribution < 1.29 is 9.18 Å². The number of benzene rings is 3. The van der Waals surface area contributed by atoms with Gasteiger partial charge in [0.05, 0.1) is 4.91 Å². The summed E-state index contributed by atoms with van der Waals surface area (Å²) in [6.45, 7) is 2.02. The van der Waals surface area contributed by atoms with Crippen LogP contribution in [0.3, 0.4) is 0 Å². The number of rotatable bonds is 3. The molecule has 1 aliphatic rings. The fourth-order valence-electron chi connectivity index (χ4n) is 3.01. The van der Waals surface area contributed by atoms with Crippen LogP contribution in [0.15, 0.2) is 76.5 Å². The van der Waals surface area contributed by atoms with Gasteiger partial charge in [0, 0.05) is 21.1 Å². The summed E-state index contributed by atoms with van der Waals surface area (Å²) < 4.78 is 13.7. The van der Waals surface area contributed by atoms with E-state index in [1.165, 1.54) is 23.9 Å². The Morgan fingerprint density at radius 3 is 2.27 bits per heavy atom. The van der Waals surface area contributed by atoms with Gasteiger partial charge in [-0.15, -0.1) is 0 Å². The lowest BCUT2D eigenvalue weighted by molar-refractivity contribution is 0.104. The van der Waals surface area contributed by atoms with Crippen molar-refractivity contribution in [2.24, 2.45) is 0 Å². The number of halogens is 2. The van der Waals surface area contributed by atoms with Crippen LogP contribution in [-0.2, 0) is 0 Å². The molecule has 0 aromatic heterocycles. The Bertz CT molecular complexity index is 1040. The van der Waals surface area contributed by atoms with Gasteiger partial charge in [0.25, 0.3) is 0 Å². The van der Waals surface area contributed by atoms with Gasteiger partial charge in [0.1, 0.15) is 5.82 Å². The minimum Gasteiger partial charge on any atom is -0.288 e. The Morgan fingerprint density at radius 2 is 1.58 bits per heavy atom. The zero-order chi connectivity index (χ0) is 18.3. The van der Waals surface area contributed by atoms with Crippen LogP contribution in [0.4, 0.5) is 4.39 Å². The molecule has 0 radical (unpaired) electrons. The molecule has 0 heterocycles. The summed E-state index contributed by atoms with van der Waals surface area (Å²) in [6, 6.07) is 19.8. The second kappa shape index (κ2) is 6.75. The molecule has 0 unspecified atom stereocenters. The molecule has 128 valence electrons. The Morgan fingerprint density at radius 1 is 0.885 bits per heavy atom. The van der Waals surface area contributed by atoms with Crippen molar-refractivity contribution in [3.63, 3.8) is 0 Å². The van der Waals surface area contributed by atoms with Crippen molar-refractivity contribution in [3.05, 3.63) is 105 Å². The van der Waals surface area contributed by atoms with Crippen LogP contribution in [0, 0.1) is 12.7 Å². The quantitative estimate of drug-likeness (QED) is 0.513. The van der Waals surface area contributed by atoms with Gasteiger partial charge in [0.15, 0.2) is 0 Å². The number of fused-ring (bicyclic) bond motifs is 1. The zero-order valence-corrected chi connectivity index (χ0v) is 15.5. The van der Waals surface area contributed by atoms with Crippen LogP contribution in [0.25, 0.3) is 5.57 Å². The van der Waals surface area contributed by atoms with Crippen molar-refractivity contribution >= 4 is 34.7 Å². The number of ketones is 1. The molecule has 26 heavy (non-hydrogen) atoms. The van der Waals surface area contributed by atoms with Gasteiger partial charge in [-0.25, -0.2) is 4.39 Å². The standard InChI is InChI=1S/C22H14ClFOS/c1-13-2-4-14(5-3-13)20-18-11-8-16(24)12-19(18)21(25)22(20)26-17-9-6-15(23)7-10-17/h2-12H,1H3. The molecule has 0 amide bonds. The van der Waals surface area contributed by atoms with Crippen LogP contribution < -0.4 is 0 Å². The van der Waals surface area contributed by atoms with E-state index in [2.05, 4.69) is 0 Å². The Kier molecular flexibility index (Phi) is 4.43. The minimum atomic E-state index is -0.405. The molecule has 0 N–H and O–H groups in total. The molecule has 1 aliphatic carbocycles. The Labute approximate surface area is 160 Å². The number of carbonyl (C=O) groups excluding carboxylic acids is 1. The maximum Gasteiger partial charge on any atom is 0.201 e. The topological polar surface area (TPSA) is 17.1 Å². The van der Waals surface area contributed by atoms with E-state index < -0.39 is 5.82 Å². The van der Waals surface area contributed by atoms with E-state index in [1.807, 2.05) is 43.3 Å². The average molecular weight is 381 g/mol. The Balaban J connectivity index is 1.87. The van der Waals surface area contributed by atoms with Crippen LogP contribution >= 0.6 is 23.4 Å². The van der Waals surface area contributed by atoms with E-state index in [0.717, 1.165) is 27.2 Å². The summed E-state index contributed by atoms with van der Waals surface area (Å²) in [4.78, 5) is 14.5. The summed E-state index contributed by atoms with van der Waals surface area (Å²) >= 11 is 7.34. The third kappa shape index (κ3) is 3.09. The highest BCUT2D eigenvalue weighted by Gasteiger charge is 2.31. The molecule has 0 atom stereocenters. The molecule has 0 bridgehead atoms. The van der Waals surface area contributed by atoms with Crippen molar-refractivity contribution in [3.8, 4) is 0 Å². The predicted octanol–water partition coefficient (Wildman–Crippen LogP) is 6.54. The highest BCUT2D eigenvalue weighted by molar-refractivity contribution is 8.04. The van der Waals surface area contributed by atoms with E-state index in [0.29, 0.717) is 15.5 Å². The molecule has 1 nitrogen and oxygen atoms in total. The van der Waals surface area contributed by atoms with Gasteiger partial charge < -0.3 is 0 Å². The van der Waals surface area contributed by atoms with Gasteiger partial charge in [-0.1, -0.05) is 59.3 Å². The summed E-state index contributed by atoms with van der Waals surface area (Å²) in [5.74, 6) is -0.548. The van der Waals surface area contributed by atoms with Crippen LogP contribution in [0.2, 0.25) is 5.02 Å². The predicted molar refractivity (Wildman–Crippen MR) is 105 cm³/mol. The third-order valence-electron chi connectivity index (χ3n) is 4.30. The summed E-state index contributed by atoms with van der Waals surface area (Å²) in [5, 5.41) is 0.644. The van der Waals surface area contributed by atoms with Crippen LogP contribution in [0.1, 0.15) is 27.0 Å². The summed E-state index contributed by atoms with van der Waals surface area (Å²) in [6.07, 6.45) is 0. The van der Waals surface area contributed by atoms with Crippen LogP contribution in [0.5, 0.6) is 0 Å². The molecule has 3 aromatic rings. The zero-order valence-electron chi connectivity index (χ0n) is 13.9. The fourth-order valence-corrected chi connectivity index (χ4v) is 4.17. The molecular weight excluding hydrogens is 367 g/mol. The van der Waals surface area contributed by atoms with E-state index in [9.17, 15) is 9.18 Å². The minimum absolute atomic E-state index is 0.143. The molecule has 0 fully saturated rings. The first-order chi connectivity index (χ1) is 12.5. The first-order valence-electron chi connectivity index (χ1n) is 8.12. The van der Waals surface area contributed by atoms with E-state index >= 15 is 0 Å². The number of hydrogen-bond donors (Lipinski definition) is 0. The number of Topliss-reactive ketones (excluding diaryl/α,β-unsaturated/α-hetero) is 1. The number of carbonyl (C=O) groups is 1. The van der Waals surface area contributed by atoms with Crippen molar-refractivity contribution in [2.45, 2.75) is 11.8 Å². The van der Waals surface area contributed by atoms with Crippen LogP contribution in [-0.4, -0.2) is 5.78 Å². The molecule has 0 aliphatic heterocycles. The SMILES string of the molecule is Cc1ccc(C2=C(Sc3ccc(Cl)cc3)C(=O)c3cc(F)ccc32)cc1. The van der Waals surface area contributed by atoms with E-state index in [1.54, 1.807) is 18.2 Å². The molecule has 0 saturated carbocycles. The van der Waals surface area contributed by atoms with Gasteiger partial charge >= 0.3 is 0 Å². The molecule has 3 aromatic carbocycles. The smallest absolute Gasteiger partial charge is 0.201 e. The number of thioether (sulfide) groups is 1. The highest BCUT2D eigenvalue weighted by Crippen LogP contribution is 2.45. The molecule has 4 heteroatoms. The molecular formula is C22H14ClFOS. The monoisotopic (exact) mass is 380 g/mol. The average Bonchev–Trinajstić information content (AvgIpc) is 2.90. The van der Waals surface area contributed by atoms with Gasteiger partial charge in [0.2, 0.25) is 5.78 Å². The largest absolute Gasteiger partial charge is 0.288 e. The Hall–Kier alpha value is -2.36. The van der Waals surface area contributed by atoms with E-state index in [4.69, 9.17) is 11.6 Å². The molecule has 0 spiro atoms. The second-order valence-corrected chi connectivity index (χ2v) is 7.67. The first kappa shape index (κ1) is 17.1. The lowest BCUT2D eigenvalue weighted by Gasteiger charge is -2.09. The van der Waals surface area contributed by atoms with Crippen molar-refractivity contribution in [2.75, 3.05) is 0 Å². The lowest BCUT2D eigenvalue weighted by Crippen LogP contribution is -1.96. The third-order valence-corrected chi connectivity index (χ3v) is 5.66. The second-order valence-electron chi connectivity index (χ2n) is 6.15. The number of aryl methyl sites for hydroxylation is 1. The molecule has 4 rings (SSSR count). The number of allylic oxidation sites excluding steroid dienone is 1. The highest BCUT2D eigenvalue weighted by atomic mass is 35.5.